The lowest BCUT2D eigenvalue weighted by molar-refractivity contribution is -0.136. The second kappa shape index (κ2) is 6.62. The number of nitrogens with zero attached hydrogens (tertiary/aromatic N) is 2. The number of carboxylic acid groups (broad SMARTS) is 1. The fourth-order valence-corrected chi connectivity index (χ4v) is 4.54. The number of hydrogen-bond acceptors (Lipinski definition) is 3. The monoisotopic (exact) mass is 314 g/mol. The van der Waals surface area contributed by atoms with E-state index in [0.29, 0.717) is 6.54 Å². The van der Waals surface area contributed by atoms with Crippen LogP contribution in [0.2, 0.25) is 0 Å². The van der Waals surface area contributed by atoms with Crippen LogP contribution in [0.15, 0.2) is 18.3 Å². The minimum Gasteiger partial charge on any atom is -0.481 e. The minimum atomic E-state index is -3.55. The Morgan fingerprint density at radius 3 is 2.76 bits per heavy atom. The van der Waals surface area contributed by atoms with Crippen LogP contribution in [-0.4, -0.2) is 40.7 Å². The zero-order valence-electron chi connectivity index (χ0n) is 12.2. The van der Waals surface area contributed by atoms with Crippen molar-refractivity contribution in [3.63, 3.8) is 0 Å². The molecule has 1 fully saturated rings. The molecule has 118 valence electrons. The molecule has 1 atom stereocenters. The quantitative estimate of drug-likeness (QED) is 0.898. The molecule has 7 heteroatoms. The average molecular weight is 314 g/mol. The molecule has 1 aromatic rings. The van der Waals surface area contributed by atoms with Gasteiger partial charge in [0.25, 0.3) is 0 Å². The van der Waals surface area contributed by atoms with E-state index in [0.717, 1.165) is 31.4 Å². The lowest BCUT2D eigenvalue weighted by atomic mass is 10.1. The third-order valence-corrected chi connectivity index (χ3v) is 5.83. The Balaban J connectivity index is 2.28. The first-order chi connectivity index (χ1) is 9.92. The normalized spacial score (nSPS) is 21.1. The second-order valence-electron chi connectivity index (χ2n) is 5.48. The summed E-state index contributed by atoms with van der Waals surface area (Å²) in [5.41, 5.74) is 0.968. The predicted octanol–water partition coefficient (Wildman–Crippen LogP) is 1.75. The van der Waals surface area contributed by atoms with Crippen LogP contribution in [0, 0.1) is 0 Å². The third kappa shape index (κ3) is 3.85. The van der Waals surface area contributed by atoms with E-state index in [1.165, 1.54) is 4.31 Å². The summed E-state index contributed by atoms with van der Waals surface area (Å²) >= 11 is 0. The van der Waals surface area contributed by atoms with Crippen LogP contribution < -0.4 is 0 Å². The molecule has 1 aliphatic rings. The van der Waals surface area contributed by atoms with Gasteiger partial charge >= 0.3 is 5.97 Å². The molecule has 2 heterocycles. The third-order valence-electron chi connectivity index (χ3n) is 3.96. The van der Waals surface area contributed by atoms with E-state index in [4.69, 9.17) is 5.11 Å². The van der Waals surface area contributed by atoms with Gasteiger partial charge in [-0.15, -0.1) is 0 Å². The molecule has 0 radical (unpaired) electrons. The van der Waals surface area contributed by atoms with E-state index in [9.17, 15) is 13.2 Å². The summed E-state index contributed by atoms with van der Waals surface area (Å²) in [5, 5.41) is 8.74. The molecular formula is C14H22N2O4S. The van der Waals surface area contributed by atoms with E-state index in [1.807, 2.05) is 29.9 Å². The fraction of sp³-hybridized carbons (Fsp3) is 0.643. The summed E-state index contributed by atoms with van der Waals surface area (Å²) in [5.74, 6) is -1.41. The second-order valence-corrected chi connectivity index (χ2v) is 7.52. The van der Waals surface area contributed by atoms with Crippen molar-refractivity contribution in [3.05, 3.63) is 24.0 Å². The van der Waals surface area contributed by atoms with Gasteiger partial charge in [0, 0.05) is 25.5 Å². The van der Waals surface area contributed by atoms with Gasteiger partial charge in [0.2, 0.25) is 10.0 Å². The van der Waals surface area contributed by atoms with Gasteiger partial charge < -0.3 is 9.67 Å². The van der Waals surface area contributed by atoms with E-state index in [2.05, 4.69) is 0 Å². The van der Waals surface area contributed by atoms with Gasteiger partial charge in [-0.05, 0) is 25.0 Å². The molecule has 0 spiro atoms. The lowest BCUT2D eigenvalue weighted by Crippen LogP contribution is -2.37. The van der Waals surface area contributed by atoms with Crippen LogP contribution in [0.3, 0.4) is 0 Å². The van der Waals surface area contributed by atoms with Crippen molar-refractivity contribution >= 4 is 16.0 Å². The predicted molar refractivity (Wildman–Crippen MR) is 79.4 cm³/mol. The average Bonchev–Trinajstić information content (AvgIpc) is 2.70. The van der Waals surface area contributed by atoms with Crippen molar-refractivity contribution in [1.29, 1.82) is 0 Å². The Labute approximate surface area is 125 Å². The zero-order valence-corrected chi connectivity index (χ0v) is 13.1. The molecule has 1 N–H and O–H groups in total. The first kappa shape index (κ1) is 16.0. The summed E-state index contributed by atoms with van der Waals surface area (Å²) in [4.78, 5) is 10.7. The topological polar surface area (TPSA) is 79.6 Å². The van der Waals surface area contributed by atoms with Crippen LogP contribution in [0.4, 0.5) is 0 Å². The van der Waals surface area contributed by atoms with Crippen molar-refractivity contribution < 1.29 is 18.3 Å². The maximum Gasteiger partial charge on any atom is 0.304 e. The molecule has 1 unspecified atom stereocenters. The number of rotatable bonds is 5. The maximum atomic E-state index is 12.5. The van der Waals surface area contributed by atoms with Crippen LogP contribution >= 0.6 is 0 Å². The summed E-state index contributed by atoms with van der Waals surface area (Å²) in [6, 6.07) is 3.66. The number of hydrogen-bond donors (Lipinski definition) is 1. The van der Waals surface area contributed by atoms with E-state index in [1.54, 1.807) is 0 Å². The summed E-state index contributed by atoms with van der Waals surface area (Å²) in [7, 11) is -1.65. The van der Waals surface area contributed by atoms with Crippen LogP contribution in [0.1, 0.15) is 43.8 Å². The Hall–Kier alpha value is -1.34. The van der Waals surface area contributed by atoms with Crippen molar-refractivity contribution in [2.24, 2.45) is 7.05 Å². The molecule has 1 aliphatic heterocycles. The van der Waals surface area contributed by atoms with Crippen molar-refractivity contribution in [2.75, 3.05) is 12.3 Å². The number of aromatic nitrogens is 1. The molecule has 0 saturated carbocycles. The van der Waals surface area contributed by atoms with Crippen LogP contribution in [-0.2, 0) is 21.9 Å². The minimum absolute atomic E-state index is 0.189. The van der Waals surface area contributed by atoms with Gasteiger partial charge in [-0.25, -0.2) is 8.42 Å². The van der Waals surface area contributed by atoms with Gasteiger partial charge in [-0.3, -0.25) is 4.79 Å². The lowest BCUT2D eigenvalue weighted by Gasteiger charge is -2.29. The Morgan fingerprint density at radius 2 is 2.14 bits per heavy atom. The number of aliphatic carboxylic acids is 1. The van der Waals surface area contributed by atoms with E-state index in [-0.39, 0.29) is 18.2 Å². The Bertz CT molecular complexity index is 594. The van der Waals surface area contributed by atoms with Crippen molar-refractivity contribution in [1.82, 2.24) is 8.87 Å². The molecule has 6 nitrogen and oxygen atoms in total. The summed E-state index contributed by atoms with van der Waals surface area (Å²) in [6.07, 6.45) is 5.16. The highest BCUT2D eigenvalue weighted by molar-refractivity contribution is 7.89. The first-order valence-electron chi connectivity index (χ1n) is 7.24. The van der Waals surface area contributed by atoms with Gasteiger partial charge in [0.15, 0.2) is 0 Å². The molecule has 0 bridgehead atoms. The number of sulfonamides is 1. The fourth-order valence-electron chi connectivity index (χ4n) is 2.86. The van der Waals surface area contributed by atoms with Gasteiger partial charge in [-0.2, -0.15) is 4.31 Å². The maximum absolute atomic E-state index is 12.5. The Morgan fingerprint density at radius 1 is 1.38 bits per heavy atom. The number of aryl methyl sites for hydroxylation is 1. The number of carboxylic acids is 1. The van der Waals surface area contributed by atoms with Gasteiger partial charge in [0.1, 0.15) is 0 Å². The van der Waals surface area contributed by atoms with Crippen LogP contribution in [0.25, 0.3) is 0 Å². The molecule has 0 aliphatic carbocycles. The highest BCUT2D eigenvalue weighted by Crippen LogP contribution is 2.32. The van der Waals surface area contributed by atoms with Crippen LogP contribution in [0.5, 0.6) is 0 Å². The largest absolute Gasteiger partial charge is 0.481 e. The SMILES string of the molecule is Cn1cccc1C1CCCCCN1S(=O)(=O)CCC(=O)O. The van der Waals surface area contributed by atoms with Crippen molar-refractivity contribution in [3.8, 4) is 0 Å². The zero-order chi connectivity index (χ0) is 15.5. The molecule has 1 aromatic heterocycles. The molecular weight excluding hydrogens is 292 g/mol. The smallest absolute Gasteiger partial charge is 0.304 e. The molecule has 21 heavy (non-hydrogen) atoms. The summed E-state index contributed by atoms with van der Waals surface area (Å²) < 4.78 is 28.5. The standard InChI is InChI=1S/C14H22N2O4S/c1-15-9-5-7-12(15)13-6-3-2-4-10-16(13)21(19,20)11-8-14(17)18/h5,7,9,13H,2-4,6,8,10-11H2,1H3,(H,17,18). The number of carbonyl (C=O) groups is 1. The van der Waals surface area contributed by atoms with Gasteiger partial charge in [-0.1, -0.05) is 12.8 Å². The van der Waals surface area contributed by atoms with E-state index < -0.39 is 16.0 Å². The first-order valence-corrected chi connectivity index (χ1v) is 8.85. The molecule has 1 saturated heterocycles. The Kier molecular flexibility index (Phi) is 5.05. The van der Waals surface area contributed by atoms with Crippen molar-refractivity contribution in [2.45, 2.75) is 38.1 Å². The molecule has 0 amide bonds. The van der Waals surface area contributed by atoms with Gasteiger partial charge in [0.05, 0.1) is 18.2 Å². The highest BCUT2D eigenvalue weighted by Gasteiger charge is 2.33. The molecule has 2 rings (SSSR count). The highest BCUT2D eigenvalue weighted by atomic mass is 32.2. The molecule has 0 aromatic carbocycles. The van der Waals surface area contributed by atoms with E-state index >= 15 is 0 Å². The summed E-state index contributed by atoms with van der Waals surface area (Å²) in [6.45, 7) is 0.470.